The van der Waals surface area contributed by atoms with Gasteiger partial charge in [0.05, 0.1) is 16.3 Å². The van der Waals surface area contributed by atoms with Crippen LogP contribution >= 0.6 is 22.9 Å². The summed E-state index contributed by atoms with van der Waals surface area (Å²) < 4.78 is 18.8. The molecule has 0 unspecified atom stereocenters. The van der Waals surface area contributed by atoms with E-state index in [9.17, 15) is 9.18 Å². The van der Waals surface area contributed by atoms with Gasteiger partial charge in [0.15, 0.2) is 0 Å². The molecule has 4 aromatic rings. The van der Waals surface area contributed by atoms with Crippen molar-refractivity contribution in [3.63, 3.8) is 0 Å². The van der Waals surface area contributed by atoms with E-state index in [0.29, 0.717) is 16.4 Å². The zero-order valence-electron chi connectivity index (χ0n) is 14.6. The summed E-state index contributed by atoms with van der Waals surface area (Å²) in [4.78, 5) is 17.5. The van der Waals surface area contributed by atoms with Crippen molar-refractivity contribution in [3.8, 4) is 22.2 Å². The zero-order valence-corrected chi connectivity index (χ0v) is 16.1. The minimum atomic E-state index is -0.542. The number of hydrogen-bond donors (Lipinski definition) is 1. The highest BCUT2D eigenvalue weighted by molar-refractivity contribution is 7.14. The Balaban J connectivity index is 1.60. The fourth-order valence-corrected chi connectivity index (χ4v) is 3.54. The van der Waals surface area contributed by atoms with E-state index in [2.05, 4.69) is 15.5 Å². The number of halogens is 2. The van der Waals surface area contributed by atoms with E-state index in [-0.39, 0.29) is 16.5 Å². The van der Waals surface area contributed by atoms with Gasteiger partial charge in [0.2, 0.25) is 5.82 Å². The number of aryl methyl sites for hydroxylation is 1. The number of rotatable bonds is 4. The van der Waals surface area contributed by atoms with Gasteiger partial charge in [-0.1, -0.05) is 46.6 Å². The molecule has 8 heteroatoms. The van der Waals surface area contributed by atoms with Crippen LogP contribution in [0.3, 0.4) is 0 Å². The molecule has 1 amide bonds. The van der Waals surface area contributed by atoms with Crippen molar-refractivity contribution in [1.82, 2.24) is 10.1 Å². The summed E-state index contributed by atoms with van der Waals surface area (Å²) in [6, 6.07) is 13.1. The Morgan fingerprint density at radius 1 is 1.18 bits per heavy atom. The molecule has 4 rings (SSSR count). The molecule has 28 heavy (non-hydrogen) atoms. The first-order chi connectivity index (χ1) is 13.5. The molecule has 0 radical (unpaired) electrons. The first-order valence-electron chi connectivity index (χ1n) is 8.26. The van der Waals surface area contributed by atoms with Crippen molar-refractivity contribution in [1.29, 1.82) is 0 Å². The number of hydrogen-bond acceptors (Lipinski definition) is 5. The van der Waals surface area contributed by atoms with Gasteiger partial charge >= 0.3 is 0 Å². The van der Waals surface area contributed by atoms with Crippen molar-refractivity contribution in [2.24, 2.45) is 0 Å². The van der Waals surface area contributed by atoms with Crippen LogP contribution in [0.1, 0.15) is 15.9 Å². The van der Waals surface area contributed by atoms with Gasteiger partial charge in [-0.15, -0.1) is 11.3 Å². The third kappa shape index (κ3) is 3.67. The summed E-state index contributed by atoms with van der Waals surface area (Å²) in [5, 5.41) is 8.68. The van der Waals surface area contributed by atoms with E-state index < -0.39 is 11.7 Å². The van der Waals surface area contributed by atoms with Crippen molar-refractivity contribution >= 4 is 34.5 Å². The summed E-state index contributed by atoms with van der Waals surface area (Å²) in [5.41, 5.74) is 2.49. The van der Waals surface area contributed by atoms with E-state index >= 15 is 0 Å². The fraction of sp³-hybridized carbons (Fsp3) is 0.0500. The minimum Gasteiger partial charge on any atom is -0.333 e. The molecule has 0 saturated heterocycles. The minimum absolute atomic E-state index is 0.0460. The molecule has 2 aromatic carbocycles. The first-order valence-corrected chi connectivity index (χ1v) is 9.52. The first kappa shape index (κ1) is 18.3. The molecule has 0 aliphatic rings. The lowest BCUT2D eigenvalue weighted by atomic mass is 10.1. The van der Waals surface area contributed by atoms with Crippen LogP contribution in [0.25, 0.3) is 22.2 Å². The molecule has 0 spiro atoms. The molecule has 140 valence electrons. The zero-order chi connectivity index (χ0) is 19.7. The lowest BCUT2D eigenvalue weighted by molar-refractivity contribution is 0.102. The lowest BCUT2D eigenvalue weighted by Gasteiger charge is -2.06. The molecule has 2 heterocycles. The number of anilines is 1. The summed E-state index contributed by atoms with van der Waals surface area (Å²) >= 11 is 7.34. The Bertz CT molecular complexity index is 1150. The molecule has 0 aliphatic heterocycles. The monoisotopic (exact) mass is 413 g/mol. The Labute approximate surface area is 168 Å². The maximum absolute atomic E-state index is 13.4. The molecule has 1 N–H and O–H groups in total. The number of amides is 1. The van der Waals surface area contributed by atoms with Crippen molar-refractivity contribution in [3.05, 3.63) is 75.9 Å². The van der Waals surface area contributed by atoms with Crippen LogP contribution in [0.4, 0.5) is 10.1 Å². The molecule has 0 aliphatic carbocycles. The van der Waals surface area contributed by atoms with E-state index in [1.807, 2.05) is 31.2 Å². The van der Waals surface area contributed by atoms with Crippen LogP contribution in [0, 0.1) is 12.7 Å². The number of carbonyl (C=O) groups is 1. The summed E-state index contributed by atoms with van der Waals surface area (Å²) in [6.45, 7) is 2.00. The highest BCUT2D eigenvalue weighted by atomic mass is 35.5. The summed E-state index contributed by atoms with van der Waals surface area (Å²) in [6.07, 6.45) is 0. The third-order valence-electron chi connectivity index (χ3n) is 4.02. The molecule has 0 atom stereocenters. The Morgan fingerprint density at radius 3 is 2.75 bits per heavy atom. The van der Waals surface area contributed by atoms with Crippen LogP contribution in [0.15, 0.2) is 58.4 Å². The SMILES string of the molecule is Cc1ccc(-c2noc(-c3sccc3NC(=O)c3cc(F)ccc3Cl)n2)cc1. The van der Waals surface area contributed by atoms with Gasteiger partial charge in [-0.25, -0.2) is 4.39 Å². The van der Waals surface area contributed by atoms with Gasteiger partial charge < -0.3 is 9.84 Å². The summed E-state index contributed by atoms with van der Waals surface area (Å²) in [5.74, 6) is -0.331. The predicted octanol–water partition coefficient (Wildman–Crippen LogP) is 5.82. The Morgan fingerprint density at radius 2 is 1.96 bits per heavy atom. The van der Waals surface area contributed by atoms with Crippen LogP contribution < -0.4 is 5.32 Å². The highest BCUT2D eigenvalue weighted by Crippen LogP contribution is 2.34. The number of aromatic nitrogens is 2. The van der Waals surface area contributed by atoms with Gasteiger partial charge in [-0.2, -0.15) is 4.98 Å². The van der Waals surface area contributed by atoms with Gasteiger partial charge in [-0.05, 0) is 36.6 Å². The van der Waals surface area contributed by atoms with Gasteiger partial charge in [0.25, 0.3) is 11.8 Å². The number of nitrogens with zero attached hydrogens (tertiary/aromatic N) is 2. The molecular formula is C20H13ClFN3O2S. The second-order valence-electron chi connectivity index (χ2n) is 6.03. The standard InChI is InChI=1S/C20H13ClFN3O2S/c1-11-2-4-12(5-3-11)18-24-20(27-25-18)17-16(8-9-28-17)23-19(26)14-10-13(22)6-7-15(14)21/h2-10H,1H3,(H,23,26). The molecule has 0 saturated carbocycles. The second-order valence-corrected chi connectivity index (χ2v) is 7.35. The Hall–Kier alpha value is -3.03. The second kappa shape index (κ2) is 7.53. The molecule has 0 bridgehead atoms. The van der Waals surface area contributed by atoms with Crippen LogP contribution in [-0.4, -0.2) is 16.0 Å². The average Bonchev–Trinajstić information content (AvgIpc) is 3.33. The smallest absolute Gasteiger partial charge is 0.270 e. The topological polar surface area (TPSA) is 68.0 Å². The quantitative estimate of drug-likeness (QED) is 0.457. The van der Waals surface area contributed by atoms with Gasteiger partial charge in [-0.3, -0.25) is 4.79 Å². The fourth-order valence-electron chi connectivity index (χ4n) is 2.57. The van der Waals surface area contributed by atoms with Crippen molar-refractivity contribution in [2.75, 3.05) is 5.32 Å². The van der Waals surface area contributed by atoms with Crippen LogP contribution in [0.5, 0.6) is 0 Å². The molecule has 2 aromatic heterocycles. The van der Waals surface area contributed by atoms with E-state index in [1.54, 1.807) is 11.4 Å². The third-order valence-corrected chi connectivity index (χ3v) is 5.25. The predicted molar refractivity (Wildman–Crippen MR) is 107 cm³/mol. The number of carbonyl (C=O) groups excluding carboxylic acids is 1. The van der Waals surface area contributed by atoms with E-state index in [4.69, 9.17) is 16.1 Å². The molecule has 0 fully saturated rings. The van der Waals surface area contributed by atoms with Crippen molar-refractivity contribution in [2.45, 2.75) is 6.92 Å². The highest BCUT2D eigenvalue weighted by Gasteiger charge is 2.19. The van der Waals surface area contributed by atoms with Crippen molar-refractivity contribution < 1.29 is 13.7 Å². The van der Waals surface area contributed by atoms with E-state index in [0.717, 1.165) is 17.2 Å². The van der Waals surface area contributed by atoms with Gasteiger partial charge in [0.1, 0.15) is 10.7 Å². The van der Waals surface area contributed by atoms with Gasteiger partial charge in [0, 0.05) is 5.56 Å². The molecular weight excluding hydrogens is 401 g/mol. The van der Waals surface area contributed by atoms with E-state index in [1.165, 1.54) is 23.5 Å². The maximum Gasteiger partial charge on any atom is 0.270 e. The molecule has 5 nitrogen and oxygen atoms in total. The lowest BCUT2D eigenvalue weighted by Crippen LogP contribution is -2.12. The summed E-state index contributed by atoms with van der Waals surface area (Å²) in [7, 11) is 0. The number of thiophene rings is 1. The van der Waals surface area contributed by atoms with Crippen LogP contribution in [0.2, 0.25) is 5.02 Å². The number of nitrogens with one attached hydrogen (secondary N) is 1. The number of benzene rings is 2. The Kier molecular flexibility index (Phi) is 4.93. The normalized spacial score (nSPS) is 10.8. The largest absolute Gasteiger partial charge is 0.333 e. The average molecular weight is 414 g/mol. The maximum atomic E-state index is 13.4. The van der Waals surface area contributed by atoms with Crippen LogP contribution in [-0.2, 0) is 0 Å².